The molecule has 0 aliphatic carbocycles. The molecule has 4 rings (SSSR count). The second-order valence-corrected chi connectivity index (χ2v) is 7.33. The largest absolute Gasteiger partial charge is 0.422 e. The summed E-state index contributed by atoms with van der Waals surface area (Å²) in [5.74, 6) is 0.773. The Bertz CT molecular complexity index is 959. The highest BCUT2D eigenvalue weighted by molar-refractivity contribution is 8.00. The standard InChI is InChI=1S/C23H20N2OS/c1-16-8-12-18(13-9-16)21-22(19-14-10-17(2)11-15-19)26-23(24-21)25-27-20-6-4-3-5-7-20/h3-15H,1-2H3,(H,24,25). The maximum absolute atomic E-state index is 6.10. The van der Waals surface area contributed by atoms with Gasteiger partial charge in [-0.2, -0.15) is 4.98 Å². The summed E-state index contributed by atoms with van der Waals surface area (Å²) in [4.78, 5) is 5.83. The molecule has 0 aliphatic rings. The van der Waals surface area contributed by atoms with Crippen molar-refractivity contribution < 1.29 is 4.42 Å². The lowest BCUT2D eigenvalue weighted by atomic mass is 10.0. The fourth-order valence-electron chi connectivity index (χ4n) is 2.76. The van der Waals surface area contributed by atoms with Crippen LogP contribution in [-0.2, 0) is 0 Å². The van der Waals surface area contributed by atoms with Gasteiger partial charge in [0.25, 0.3) is 0 Å². The van der Waals surface area contributed by atoms with Crippen LogP contribution in [-0.4, -0.2) is 4.98 Å². The van der Waals surface area contributed by atoms with Crippen molar-refractivity contribution in [2.24, 2.45) is 0 Å². The molecule has 27 heavy (non-hydrogen) atoms. The first-order chi connectivity index (χ1) is 13.2. The molecule has 134 valence electrons. The third kappa shape index (κ3) is 4.07. The third-order valence-electron chi connectivity index (χ3n) is 4.27. The molecule has 0 radical (unpaired) electrons. The number of hydrogen-bond acceptors (Lipinski definition) is 4. The molecule has 4 heteroatoms. The van der Waals surface area contributed by atoms with E-state index in [1.165, 1.54) is 23.1 Å². The maximum Gasteiger partial charge on any atom is 0.306 e. The van der Waals surface area contributed by atoms with E-state index in [0.29, 0.717) is 6.01 Å². The molecule has 3 nitrogen and oxygen atoms in total. The lowest BCUT2D eigenvalue weighted by molar-refractivity contribution is 0.595. The van der Waals surface area contributed by atoms with Crippen molar-refractivity contribution >= 4 is 18.0 Å². The number of anilines is 1. The van der Waals surface area contributed by atoms with Gasteiger partial charge in [-0.1, -0.05) is 77.9 Å². The van der Waals surface area contributed by atoms with E-state index in [4.69, 9.17) is 9.40 Å². The summed E-state index contributed by atoms with van der Waals surface area (Å²) < 4.78 is 9.33. The summed E-state index contributed by atoms with van der Waals surface area (Å²) in [6.07, 6.45) is 0. The molecule has 1 aromatic heterocycles. The Balaban J connectivity index is 1.70. The van der Waals surface area contributed by atoms with Crippen molar-refractivity contribution in [1.82, 2.24) is 4.98 Å². The number of hydrogen-bond donors (Lipinski definition) is 1. The number of benzene rings is 3. The first-order valence-electron chi connectivity index (χ1n) is 8.82. The molecule has 0 spiro atoms. The average Bonchev–Trinajstić information content (AvgIpc) is 3.13. The van der Waals surface area contributed by atoms with Gasteiger partial charge in [-0.15, -0.1) is 0 Å². The molecule has 0 unspecified atom stereocenters. The highest BCUT2D eigenvalue weighted by Gasteiger charge is 2.17. The van der Waals surface area contributed by atoms with Crippen LogP contribution >= 0.6 is 11.9 Å². The fraction of sp³-hybridized carbons (Fsp3) is 0.0870. The van der Waals surface area contributed by atoms with E-state index in [1.807, 2.05) is 30.3 Å². The Morgan fingerprint density at radius 2 is 1.33 bits per heavy atom. The molecule has 0 bridgehead atoms. The molecule has 0 aliphatic heterocycles. The zero-order chi connectivity index (χ0) is 18.6. The van der Waals surface area contributed by atoms with Crippen LogP contribution in [0.1, 0.15) is 11.1 Å². The Labute approximate surface area is 163 Å². The van der Waals surface area contributed by atoms with Gasteiger partial charge in [0.05, 0.1) is 0 Å². The van der Waals surface area contributed by atoms with Crippen molar-refractivity contribution in [1.29, 1.82) is 0 Å². The minimum Gasteiger partial charge on any atom is -0.422 e. The molecular weight excluding hydrogens is 352 g/mol. The van der Waals surface area contributed by atoms with Crippen molar-refractivity contribution in [3.05, 3.63) is 90.0 Å². The summed E-state index contributed by atoms with van der Waals surface area (Å²) in [6, 6.07) is 27.3. The summed E-state index contributed by atoms with van der Waals surface area (Å²) in [7, 11) is 0. The van der Waals surface area contributed by atoms with Gasteiger partial charge in [-0.25, -0.2) is 0 Å². The molecule has 0 saturated carbocycles. The molecule has 3 aromatic carbocycles. The molecular formula is C23H20N2OS. The van der Waals surface area contributed by atoms with Gasteiger partial charge in [-0.3, -0.25) is 4.72 Å². The normalized spacial score (nSPS) is 10.7. The topological polar surface area (TPSA) is 38.1 Å². The molecule has 0 atom stereocenters. The van der Waals surface area contributed by atoms with Gasteiger partial charge < -0.3 is 4.42 Å². The van der Waals surface area contributed by atoms with Crippen LogP contribution in [0.5, 0.6) is 0 Å². The Morgan fingerprint density at radius 1 is 0.741 bits per heavy atom. The van der Waals surface area contributed by atoms with E-state index in [-0.39, 0.29) is 0 Å². The fourth-order valence-corrected chi connectivity index (χ4v) is 3.35. The number of nitrogens with one attached hydrogen (secondary N) is 1. The lowest BCUT2D eigenvalue weighted by Crippen LogP contribution is -1.87. The smallest absolute Gasteiger partial charge is 0.306 e. The third-order valence-corrected chi connectivity index (χ3v) is 5.05. The van der Waals surface area contributed by atoms with E-state index < -0.39 is 0 Å². The minimum absolute atomic E-state index is 0.495. The predicted octanol–water partition coefficient (Wildman–Crippen LogP) is 6.74. The van der Waals surface area contributed by atoms with Crippen molar-refractivity contribution in [2.45, 2.75) is 18.7 Å². The second kappa shape index (κ2) is 7.72. The molecule has 0 saturated heterocycles. The summed E-state index contributed by atoms with van der Waals surface area (Å²) >= 11 is 1.48. The highest BCUT2D eigenvalue weighted by Crippen LogP contribution is 2.35. The van der Waals surface area contributed by atoms with Crippen LogP contribution in [0.25, 0.3) is 22.6 Å². The van der Waals surface area contributed by atoms with Crippen LogP contribution in [0.2, 0.25) is 0 Å². The lowest BCUT2D eigenvalue weighted by Gasteiger charge is -2.02. The summed E-state index contributed by atoms with van der Waals surface area (Å²) in [5, 5.41) is 0. The maximum atomic E-state index is 6.10. The van der Waals surface area contributed by atoms with Crippen LogP contribution in [0.15, 0.2) is 88.2 Å². The summed E-state index contributed by atoms with van der Waals surface area (Å²) in [6.45, 7) is 4.16. The summed E-state index contributed by atoms with van der Waals surface area (Å²) in [5.41, 5.74) is 5.33. The van der Waals surface area contributed by atoms with Gasteiger partial charge in [-0.05, 0) is 37.9 Å². The quantitative estimate of drug-likeness (QED) is 0.393. The number of aromatic nitrogens is 1. The highest BCUT2D eigenvalue weighted by atomic mass is 32.2. The zero-order valence-electron chi connectivity index (χ0n) is 15.3. The Hall–Kier alpha value is -2.98. The van der Waals surface area contributed by atoms with Crippen LogP contribution in [0, 0.1) is 13.8 Å². The molecule has 0 amide bonds. The number of oxazole rings is 1. The van der Waals surface area contributed by atoms with E-state index in [9.17, 15) is 0 Å². The van der Waals surface area contributed by atoms with Crippen LogP contribution in [0.4, 0.5) is 6.01 Å². The molecule has 4 aromatic rings. The zero-order valence-corrected chi connectivity index (χ0v) is 16.1. The van der Waals surface area contributed by atoms with Crippen molar-refractivity contribution in [3.8, 4) is 22.6 Å². The first kappa shape index (κ1) is 17.4. The predicted molar refractivity (Wildman–Crippen MR) is 113 cm³/mol. The molecule has 1 heterocycles. The Morgan fingerprint density at radius 3 is 1.96 bits per heavy atom. The van der Waals surface area contributed by atoms with Gasteiger partial charge in [0.15, 0.2) is 5.76 Å². The number of aryl methyl sites for hydroxylation is 2. The van der Waals surface area contributed by atoms with E-state index >= 15 is 0 Å². The number of rotatable bonds is 5. The number of nitrogens with zero attached hydrogens (tertiary/aromatic N) is 1. The monoisotopic (exact) mass is 372 g/mol. The van der Waals surface area contributed by atoms with Crippen LogP contribution in [0.3, 0.4) is 0 Å². The average molecular weight is 372 g/mol. The van der Waals surface area contributed by atoms with Gasteiger partial charge in [0.2, 0.25) is 0 Å². The molecule has 1 N–H and O–H groups in total. The van der Waals surface area contributed by atoms with Crippen molar-refractivity contribution in [3.63, 3.8) is 0 Å². The van der Waals surface area contributed by atoms with Crippen molar-refractivity contribution in [2.75, 3.05) is 4.72 Å². The van der Waals surface area contributed by atoms with E-state index in [1.54, 1.807) is 0 Å². The van der Waals surface area contributed by atoms with Crippen LogP contribution < -0.4 is 4.72 Å². The minimum atomic E-state index is 0.495. The second-order valence-electron chi connectivity index (χ2n) is 6.45. The molecule has 0 fully saturated rings. The van der Waals surface area contributed by atoms with Gasteiger partial charge >= 0.3 is 6.01 Å². The SMILES string of the molecule is Cc1ccc(-c2nc(NSc3ccccc3)oc2-c2ccc(C)cc2)cc1. The first-order valence-corrected chi connectivity index (χ1v) is 9.63. The Kier molecular flexibility index (Phi) is 4.99. The van der Waals surface area contributed by atoms with E-state index in [2.05, 4.69) is 67.1 Å². The van der Waals surface area contributed by atoms with Gasteiger partial charge in [0.1, 0.15) is 5.69 Å². The van der Waals surface area contributed by atoms with E-state index in [0.717, 1.165) is 27.5 Å². The van der Waals surface area contributed by atoms with Gasteiger partial charge in [0, 0.05) is 16.0 Å².